The fourth-order valence-corrected chi connectivity index (χ4v) is 2.00. The fourth-order valence-electron chi connectivity index (χ4n) is 2.00. The molecule has 0 aromatic carbocycles. The second-order valence-corrected chi connectivity index (χ2v) is 3.82. The topological polar surface area (TPSA) is 37.8 Å². The summed E-state index contributed by atoms with van der Waals surface area (Å²) in [5.41, 5.74) is 1.69. The molecule has 1 saturated carbocycles. The van der Waals surface area contributed by atoms with Crippen molar-refractivity contribution < 1.29 is 0 Å². The van der Waals surface area contributed by atoms with Crippen LogP contribution >= 0.6 is 0 Å². The first-order valence-electron chi connectivity index (χ1n) is 4.42. The predicted octanol–water partition coefficient (Wildman–Crippen LogP) is 0.901. The summed E-state index contributed by atoms with van der Waals surface area (Å²) < 4.78 is 0. The summed E-state index contributed by atoms with van der Waals surface area (Å²) in [6.45, 7) is 1.17. The van der Waals surface area contributed by atoms with Gasteiger partial charge in [-0.3, -0.25) is 0 Å². The molecule has 1 saturated heterocycles. The Kier molecular flexibility index (Phi) is 1.11. The van der Waals surface area contributed by atoms with Crippen LogP contribution in [-0.2, 0) is 0 Å². The molecule has 12 heavy (non-hydrogen) atoms. The lowest BCUT2D eigenvalue weighted by atomic mass is 9.86. The van der Waals surface area contributed by atoms with Crippen molar-refractivity contribution in [3.05, 3.63) is 24.0 Å². The average molecular weight is 161 g/mol. The molecule has 1 spiro atoms. The normalized spacial score (nSPS) is 29.8. The third-order valence-corrected chi connectivity index (χ3v) is 3.05. The minimum atomic E-state index is 0.492. The van der Waals surface area contributed by atoms with E-state index in [2.05, 4.69) is 21.6 Å². The zero-order valence-electron chi connectivity index (χ0n) is 6.83. The molecule has 1 aromatic heterocycles. The summed E-state index contributed by atoms with van der Waals surface area (Å²) in [6.07, 6.45) is 4.45. The van der Waals surface area contributed by atoms with Gasteiger partial charge in [-0.25, -0.2) is 0 Å². The number of nitrogens with zero attached hydrogens (tertiary/aromatic N) is 2. The van der Waals surface area contributed by atoms with Gasteiger partial charge in [-0.05, 0) is 25.0 Å². The van der Waals surface area contributed by atoms with Gasteiger partial charge >= 0.3 is 0 Å². The molecule has 1 atom stereocenters. The Hall–Kier alpha value is -0.960. The number of rotatable bonds is 1. The summed E-state index contributed by atoms with van der Waals surface area (Å²) in [7, 11) is 0. The van der Waals surface area contributed by atoms with Crippen LogP contribution < -0.4 is 5.32 Å². The van der Waals surface area contributed by atoms with Gasteiger partial charge in [0.05, 0.1) is 11.7 Å². The molecule has 1 unspecified atom stereocenters. The molecule has 1 aliphatic heterocycles. The van der Waals surface area contributed by atoms with Crippen molar-refractivity contribution in [2.45, 2.75) is 18.9 Å². The molecule has 0 radical (unpaired) electrons. The van der Waals surface area contributed by atoms with E-state index in [1.165, 1.54) is 19.4 Å². The Balaban J connectivity index is 1.90. The largest absolute Gasteiger partial charge is 0.307 e. The van der Waals surface area contributed by atoms with Crippen LogP contribution in [0.2, 0.25) is 0 Å². The molecule has 0 bridgehead atoms. The third kappa shape index (κ3) is 0.743. The number of hydrogen-bond donors (Lipinski definition) is 1. The summed E-state index contributed by atoms with van der Waals surface area (Å²) in [5.74, 6) is 0. The van der Waals surface area contributed by atoms with Crippen LogP contribution in [0.25, 0.3) is 0 Å². The second-order valence-electron chi connectivity index (χ2n) is 3.82. The molecule has 1 aliphatic carbocycles. The summed E-state index contributed by atoms with van der Waals surface area (Å²) in [4.78, 5) is 0. The number of aromatic nitrogens is 2. The van der Waals surface area contributed by atoms with Gasteiger partial charge in [0, 0.05) is 18.2 Å². The fraction of sp³-hybridized carbons (Fsp3) is 0.556. The first kappa shape index (κ1) is 6.54. The Morgan fingerprint density at radius 3 is 2.92 bits per heavy atom. The van der Waals surface area contributed by atoms with E-state index >= 15 is 0 Å². The first-order valence-corrected chi connectivity index (χ1v) is 4.42. The molecule has 3 nitrogen and oxygen atoms in total. The van der Waals surface area contributed by atoms with Crippen molar-refractivity contribution in [3.63, 3.8) is 0 Å². The highest BCUT2D eigenvalue weighted by molar-refractivity contribution is 5.21. The monoisotopic (exact) mass is 161 g/mol. The maximum absolute atomic E-state index is 4.12. The molecule has 2 fully saturated rings. The van der Waals surface area contributed by atoms with Crippen molar-refractivity contribution in [1.29, 1.82) is 0 Å². The van der Waals surface area contributed by atoms with Crippen LogP contribution in [0.15, 0.2) is 18.3 Å². The first-order chi connectivity index (χ1) is 5.91. The molecule has 1 aromatic rings. The minimum absolute atomic E-state index is 0.492. The Labute approximate surface area is 71.2 Å². The van der Waals surface area contributed by atoms with Crippen molar-refractivity contribution >= 4 is 0 Å². The second kappa shape index (κ2) is 2.04. The molecule has 2 aliphatic rings. The lowest BCUT2D eigenvalue weighted by Gasteiger charge is -2.37. The van der Waals surface area contributed by atoms with E-state index in [9.17, 15) is 0 Å². The maximum Gasteiger partial charge on any atom is 0.0806 e. The molecule has 3 heteroatoms. The van der Waals surface area contributed by atoms with Crippen LogP contribution in [0.3, 0.4) is 0 Å². The zero-order valence-corrected chi connectivity index (χ0v) is 6.83. The minimum Gasteiger partial charge on any atom is -0.307 e. The van der Waals surface area contributed by atoms with E-state index in [-0.39, 0.29) is 0 Å². The van der Waals surface area contributed by atoms with E-state index in [4.69, 9.17) is 0 Å². The Morgan fingerprint density at radius 2 is 2.42 bits per heavy atom. The number of hydrogen-bond acceptors (Lipinski definition) is 3. The van der Waals surface area contributed by atoms with E-state index in [1.54, 1.807) is 6.20 Å². The Bertz CT molecular complexity index is 292. The summed E-state index contributed by atoms with van der Waals surface area (Å²) in [6, 6.07) is 4.51. The highest BCUT2D eigenvalue weighted by Gasteiger charge is 2.56. The van der Waals surface area contributed by atoms with Gasteiger partial charge in [-0.2, -0.15) is 10.2 Å². The predicted molar refractivity (Wildman–Crippen MR) is 44.4 cm³/mol. The van der Waals surface area contributed by atoms with Crippen LogP contribution in [0, 0.1) is 5.41 Å². The summed E-state index contributed by atoms with van der Waals surface area (Å²) >= 11 is 0. The van der Waals surface area contributed by atoms with E-state index < -0.39 is 0 Å². The SMILES string of the molecule is c1cnnc(C2NCC23CC3)c1. The quantitative estimate of drug-likeness (QED) is 0.665. The average Bonchev–Trinajstić information content (AvgIpc) is 2.85. The van der Waals surface area contributed by atoms with Gasteiger partial charge < -0.3 is 5.32 Å². The molecule has 0 amide bonds. The number of nitrogens with one attached hydrogen (secondary N) is 1. The standard InChI is InChI=1S/C9H11N3/c1-2-7(12-11-5-1)8-9(3-4-9)6-10-8/h1-2,5,8,10H,3-4,6H2. The highest BCUT2D eigenvalue weighted by atomic mass is 15.2. The van der Waals surface area contributed by atoms with Gasteiger partial charge in [-0.1, -0.05) is 0 Å². The lowest BCUT2D eigenvalue weighted by molar-refractivity contribution is 0.203. The van der Waals surface area contributed by atoms with Crippen molar-refractivity contribution in [1.82, 2.24) is 15.5 Å². The van der Waals surface area contributed by atoms with Crippen LogP contribution in [-0.4, -0.2) is 16.7 Å². The smallest absolute Gasteiger partial charge is 0.0806 e. The molecular formula is C9H11N3. The molecular weight excluding hydrogens is 150 g/mol. The van der Waals surface area contributed by atoms with Gasteiger partial charge in [-0.15, -0.1) is 0 Å². The highest BCUT2D eigenvalue weighted by Crippen LogP contribution is 2.59. The van der Waals surface area contributed by atoms with Gasteiger partial charge in [0.15, 0.2) is 0 Å². The maximum atomic E-state index is 4.12. The molecule has 62 valence electrons. The lowest BCUT2D eigenvalue weighted by Crippen LogP contribution is -2.47. The van der Waals surface area contributed by atoms with Gasteiger partial charge in [0.1, 0.15) is 0 Å². The van der Waals surface area contributed by atoms with E-state index in [0.717, 1.165) is 5.69 Å². The third-order valence-electron chi connectivity index (χ3n) is 3.05. The van der Waals surface area contributed by atoms with Crippen molar-refractivity contribution in [3.8, 4) is 0 Å². The zero-order chi connectivity index (χ0) is 8.02. The van der Waals surface area contributed by atoms with Crippen molar-refractivity contribution in [2.24, 2.45) is 5.41 Å². The van der Waals surface area contributed by atoms with Crippen LogP contribution in [0.5, 0.6) is 0 Å². The van der Waals surface area contributed by atoms with Crippen LogP contribution in [0.1, 0.15) is 24.6 Å². The Morgan fingerprint density at radius 1 is 1.50 bits per heavy atom. The van der Waals surface area contributed by atoms with Crippen molar-refractivity contribution in [2.75, 3.05) is 6.54 Å². The van der Waals surface area contributed by atoms with Gasteiger partial charge in [0.2, 0.25) is 0 Å². The molecule has 1 N–H and O–H groups in total. The molecule has 2 heterocycles. The van der Waals surface area contributed by atoms with E-state index in [0.29, 0.717) is 11.5 Å². The van der Waals surface area contributed by atoms with Gasteiger partial charge in [0.25, 0.3) is 0 Å². The summed E-state index contributed by atoms with van der Waals surface area (Å²) in [5, 5.41) is 11.4. The van der Waals surface area contributed by atoms with E-state index in [1.807, 2.05) is 6.07 Å². The van der Waals surface area contributed by atoms with Crippen LogP contribution in [0.4, 0.5) is 0 Å². The molecule has 3 rings (SSSR count).